The SMILES string of the molecule is CC(C)(C)OC(=O)C(CC(C)(N)N1CCCCC1)C(=O)O. The molecule has 1 aliphatic heterocycles. The number of nitrogens with zero attached hydrogens (tertiary/aromatic N) is 1. The van der Waals surface area contributed by atoms with Crippen LogP contribution >= 0.6 is 0 Å². The number of aliphatic carboxylic acids is 1. The van der Waals surface area contributed by atoms with Crippen LogP contribution in [0, 0.1) is 5.92 Å². The zero-order valence-corrected chi connectivity index (χ0v) is 13.5. The number of carboxylic acids is 1. The highest BCUT2D eigenvalue weighted by molar-refractivity contribution is 5.94. The number of ether oxygens (including phenoxy) is 1. The van der Waals surface area contributed by atoms with Crippen molar-refractivity contribution in [2.75, 3.05) is 13.1 Å². The Morgan fingerprint density at radius 3 is 2.14 bits per heavy atom. The van der Waals surface area contributed by atoms with Gasteiger partial charge in [0, 0.05) is 6.42 Å². The molecule has 122 valence electrons. The molecule has 6 nitrogen and oxygen atoms in total. The third-order valence-corrected chi connectivity index (χ3v) is 3.69. The fourth-order valence-corrected chi connectivity index (χ4v) is 2.59. The monoisotopic (exact) mass is 300 g/mol. The van der Waals surface area contributed by atoms with Crippen molar-refractivity contribution in [3.8, 4) is 0 Å². The van der Waals surface area contributed by atoms with E-state index in [1.54, 1.807) is 27.7 Å². The van der Waals surface area contributed by atoms with Gasteiger partial charge in [-0.15, -0.1) is 0 Å². The number of likely N-dealkylation sites (tertiary alicyclic amines) is 1. The molecule has 1 fully saturated rings. The molecular weight excluding hydrogens is 272 g/mol. The molecule has 0 aromatic carbocycles. The van der Waals surface area contributed by atoms with Gasteiger partial charge in [-0.2, -0.15) is 0 Å². The van der Waals surface area contributed by atoms with E-state index >= 15 is 0 Å². The Labute approximate surface area is 126 Å². The van der Waals surface area contributed by atoms with Crippen LogP contribution in [0.5, 0.6) is 0 Å². The normalized spacial score (nSPS) is 21.4. The Bertz CT molecular complexity index is 382. The number of hydrogen-bond donors (Lipinski definition) is 2. The first-order valence-corrected chi connectivity index (χ1v) is 7.52. The van der Waals surface area contributed by atoms with Crippen molar-refractivity contribution in [3.05, 3.63) is 0 Å². The van der Waals surface area contributed by atoms with E-state index in [9.17, 15) is 14.7 Å². The van der Waals surface area contributed by atoms with E-state index in [4.69, 9.17) is 10.5 Å². The lowest BCUT2D eigenvalue weighted by molar-refractivity contribution is -0.168. The minimum Gasteiger partial charge on any atom is -0.481 e. The van der Waals surface area contributed by atoms with Crippen LogP contribution in [-0.2, 0) is 14.3 Å². The summed E-state index contributed by atoms with van der Waals surface area (Å²) >= 11 is 0. The first kappa shape index (κ1) is 17.9. The Kier molecular flexibility index (Phi) is 5.75. The molecule has 2 unspecified atom stereocenters. The lowest BCUT2D eigenvalue weighted by Crippen LogP contribution is -2.57. The zero-order chi connectivity index (χ0) is 16.3. The number of carboxylic acid groups (broad SMARTS) is 1. The summed E-state index contributed by atoms with van der Waals surface area (Å²) in [5, 5.41) is 9.33. The van der Waals surface area contributed by atoms with E-state index in [2.05, 4.69) is 4.90 Å². The van der Waals surface area contributed by atoms with Crippen molar-refractivity contribution in [1.29, 1.82) is 0 Å². The van der Waals surface area contributed by atoms with Crippen molar-refractivity contribution < 1.29 is 19.4 Å². The summed E-state index contributed by atoms with van der Waals surface area (Å²) in [5.41, 5.74) is 4.76. The zero-order valence-electron chi connectivity index (χ0n) is 13.5. The Balaban J connectivity index is 2.77. The van der Waals surface area contributed by atoms with Crippen molar-refractivity contribution >= 4 is 11.9 Å². The number of carbonyl (C=O) groups is 2. The van der Waals surface area contributed by atoms with Gasteiger partial charge in [-0.3, -0.25) is 14.5 Å². The van der Waals surface area contributed by atoms with E-state index < -0.39 is 29.1 Å². The molecule has 0 spiro atoms. The standard InChI is InChI=1S/C15H28N2O4/c1-14(2,3)21-13(20)11(12(18)19)10-15(4,16)17-8-6-5-7-9-17/h11H,5-10,16H2,1-4H3,(H,18,19). The first-order chi connectivity index (χ1) is 9.53. The molecular formula is C15H28N2O4. The highest BCUT2D eigenvalue weighted by Crippen LogP contribution is 2.25. The van der Waals surface area contributed by atoms with Crippen LogP contribution in [0.3, 0.4) is 0 Å². The van der Waals surface area contributed by atoms with E-state index in [-0.39, 0.29) is 6.42 Å². The number of esters is 1. The highest BCUT2D eigenvalue weighted by Gasteiger charge is 2.39. The van der Waals surface area contributed by atoms with Crippen molar-refractivity contribution in [3.63, 3.8) is 0 Å². The van der Waals surface area contributed by atoms with E-state index in [1.807, 2.05) is 0 Å². The summed E-state index contributed by atoms with van der Waals surface area (Å²) in [6.45, 7) is 8.63. The van der Waals surface area contributed by atoms with Gasteiger partial charge in [0.05, 0.1) is 5.66 Å². The largest absolute Gasteiger partial charge is 0.481 e. The van der Waals surface area contributed by atoms with Gasteiger partial charge in [0.1, 0.15) is 5.60 Å². The molecule has 0 aromatic heterocycles. The third kappa shape index (κ3) is 5.63. The molecule has 0 bridgehead atoms. The summed E-state index contributed by atoms with van der Waals surface area (Å²) in [7, 11) is 0. The molecule has 2 atom stereocenters. The number of rotatable bonds is 5. The van der Waals surface area contributed by atoms with E-state index in [0.29, 0.717) is 0 Å². The van der Waals surface area contributed by atoms with Crippen molar-refractivity contribution in [2.24, 2.45) is 11.7 Å². The molecule has 0 aliphatic carbocycles. The summed E-state index contributed by atoms with van der Waals surface area (Å²) in [6.07, 6.45) is 3.33. The van der Waals surface area contributed by atoms with Gasteiger partial charge in [-0.1, -0.05) is 6.42 Å². The van der Waals surface area contributed by atoms with Gasteiger partial charge in [-0.25, -0.2) is 0 Å². The highest BCUT2D eigenvalue weighted by atomic mass is 16.6. The number of carbonyl (C=O) groups excluding carboxylic acids is 1. The smallest absolute Gasteiger partial charge is 0.320 e. The molecule has 1 saturated heterocycles. The predicted octanol–water partition coefficient (Wildman–Crippen LogP) is 1.58. The van der Waals surface area contributed by atoms with Crippen LogP contribution < -0.4 is 5.73 Å². The fourth-order valence-electron chi connectivity index (χ4n) is 2.59. The second kappa shape index (κ2) is 6.75. The fraction of sp³-hybridized carbons (Fsp3) is 0.867. The van der Waals surface area contributed by atoms with Crippen LogP contribution in [0.25, 0.3) is 0 Å². The average Bonchev–Trinajstić information content (AvgIpc) is 2.34. The summed E-state index contributed by atoms with van der Waals surface area (Å²) in [6, 6.07) is 0. The topological polar surface area (TPSA) is 92.9 Å². The predicted molar refractivity (Wildman–Crippen MR) is 79.6 cm³/mol. The Morgan fingerprint density at radius 2 is 1.71 bits per heavy atom. The molecule has 6 heteroatoms. The molecule has 3 N–H and O–H groups in total. The van der Waals surface area contributed by atoms with Gasteiger partial charge < -0.3 is 15.6 Å². The molecule has 1 heterocycles. The average molecular weight is 300 g/mol. The number of nitrogens with two attached hydrogens (primary N) is 1. The third-order valence-electron chi connectivity index (χ3n) is 3.69. The first-order valence-electron chi connectivity index (χ1n) is 7.52. The summed E-state index contributed by atoms with van der Waals surface area (Å²) in [4.78, 5) is 25.6. The quantitative estimate of drug-likeness (QED) is 0.591. The Hall–Kier alpha value is -1.14. The maximum Gasteiger partial charge on any atom is 0.320 e. The Morgan fingerprint density at radius 1 is 1.19 bits per heavy atom. The van der Waals surface area contributed by atoms with Gasteiger partial charge >= 0.3 is 11.9 Å². The second-order valence-electron chi connectivity index (χ2n) is 7.03. The lowest BCUT2D eigenvalue weighted by atomic mass is 9.93. The van der Waals surface area contributed by atoms with E-state index in [1.165, 1.54) is 6.42 Å². The van der Waals surface area contributed by atoms with Crippen LogP contribution in [0.2, 0.25) is 0 Å². The van der Waals surface area contributed by atoms with Gasteiger partial charge in [0.25, 0.3) is 0 Å². The number of piperidine rings is 1. The van der Waals surface area contributed by atoms with E-state index in [0.717, 1.165) is 25.9 Å². The summed E-state index contributed by atoms with van der Waals surface area (Å²) < 4.78 is 5.20. The molecule has 0 aromatic rings. The van der Waals surface area contributed by atoms with Crippen LogP contribution in [-0.4, -0.2) is 46.3 Å². The summed E-state index contributed by atoms with van der Waals surface area (Å²) in [5.74, 6) is -3.14. The second-order valence-corrected chi connectivity index (χ2v) is 7.03. The minimum atomic E-state index is -1.24. The maximum atomic E-state index is 12.1. The molecule has 0 amide bonds. The van der Waals surface area contributed by atoms with Crippen LogP contribution in [0.4, 0.5) is 0 Å². The lowest BCUT2D eigenvalue weighted by Gasteiger charge is -2.41. The molecule has 21 heavy (non-hydrogen) atoms. The van der Waals surface area contributed by atoms with Gasteiger partial charge in [0.2, 0.25) is 0 Å². The minimum absolute atomic E-state index is 0.0528. The van der Waals surface area contributed by atoms with Crippen LogP contribution in [0.1, 0.15) is 53.4 Å². The van der Waals surface area contributed by atoms with Gasteiger partial charge in [0.15, 0.2) is 5.92 Å². The van der Waals surface area contributed by atoms with Crippen molar-refractivity contribution in [1.82, 2.24) is 4.90 Å². The number of hydrogen-bond acceptors (Lipinski definition) is 5. The van der Waals surface area contributed by atoms with Crippen LogP contribution in [0.15, 0.2) is 0 Å². The van der Waals surface area contributed by atoms with Crippen molar-refractivity contribution in [2.45, 2.75) is 64.6 Å². The molecule has 0 saturated carbocycles. The molecule has 1 aliphatic rings. The molecule has 1 rings (SSSR count). The molecule has 0 radical (unpaired) electrons. The maximum absolute atomic E-state index is 12.1. The van der Waals surface area contributed by atoms with Gasteiger partial charge in [-0.05, 0) is 53.6 Å².